The molecular weight excluding hydrogens is 262 g/mol. The fraction of sp³-hybridized carbons (Fsp3) is 0.308. The lowest BCUT2D eigenvalue weighted by molar-refractivity contribution is -0.124. The number of amides is 1. The van der Waals surface area contributed by atoms with E-state index >= 15 is 0 Å². The largest absolute Gasteiger partial charge is 0.349 e. The molecule has 5 nitrogen and oxygen atoms in total. The van der Waals surface area contributed by atoms with Gasteiger partial charge in [0.25, 0.3) is 5.56 Å². The van der Waals surface area contributed by atoms with Crippen molar-refractivity contribution >= 4 is 17.2 Å². The molecule has 1 amide bonds. The van der Waals surface area contributed by atoms with Gasteiger partial charge in [0.2, 0.25) is 5.91 Å². The number of nitrogens with zero attached hydrogens (tertiary/aromatic N) is 2. The second kappa shape index (κ2) is 5.79. The summed E-state index contributed by atoms with van der Waals surface area (Å²) < 4.78 is 1.21. The van der Waals surface area contributed by atoms with Gasteiger partial charge in [-0.1, -0.05) is 6.07 Å². The third-order valence-electron chi connectivity index (χ3n) is 2.72. The number of carbonyl (C=O) groups is 1. The van der Waals surface area contributed by atoms with Crippen LogP contribution in [0, 0.1) is 6.92 Å². The van der Waals surface area contributed by atoms with Crippen LogP contribution < -0.4 is 10.9 Å². The monoisotopic (exact) mass is 277 g/mol. The topological polar surface area (TPSA) is 64.0 Å². The van der Waals surface area contributed by atoms with Crippen molar-refractivity contribution in [1.29, 1.82) is 0 Å². The number of carbonyl (C=O) groups excluding carboxylic acids is 1. The predicted octanol–water partition coefficient (Wildman–Crippen LogP) is 1.49. The number of nitrogens with one attached hydrogen (secondary N) is 1. The lowest BCUT2D eigenvalue weighted by atomic mass is 10.3. The average molecular weight is 277 g/mol. The minimum atomic E-state index is -0.618. The van der Waals surface area contributed by atoms with Gasteiger partial charge < -0.3 is 5.32 Å². The molecule has 0 saturated heterocycles. The zero-order valence-corrected chi connectivity index (χ0v) is 11.6. The van der Waals surface area contributed by atoms with Crippen molar-refractivity contribution < 1.29 is 4.79 Å². The zero-order chi connectivity index (χ0) is 13.8. The minimum Gasteiger partial charge on any atom is -0.349 e. The Morgan fingerprint density at radius 3 is 2.95 bits per heavy atom. The summed E-state index contributed by atoms with van der Waals surface area (Å²) in [6.07, 6.45) is 0. The van der Waals surface area contributed by atoms with Crippen LogP contribution >= 0.6 is 11.3 Å². The van der Waals surface area contributed by atoms with Gasteiger partial charge in [-0.15, -0.1) is 11.3 Å². The maximum absolute atomic E-state index is 12.0. The molecule has 0 aromatic carbocycles. The Morgan fingerprint density at radius 1 is 1.47 bits per heavy atom. The molecule has 19 heavy (non-hydrogen) atoms. The van der Waals surface area contributed by atoms with E-state index in [4.69, 9.17) is 0 Å². The summed E-state index contributed by atoms with van der Waals surface area (Å²) in [6, 6.07) is 6.32. The quantitative estimate of drug-likeness (QED) is 0.921. The highest BCUT2D eigenvalue weighted by Gasteiger charge is 2.16. The van der Waals surface area contributed by atoms with Gasteiger partial charge in [0.15, 0.2) is 0 Å². The summed E-state index contributed by atoms with van der Waals surface area (Å²) in [5.41, 5.74) is 0.432. The summed E-state index contributed by atoms with van der Waals surface area (Å²) >= 11 is 1.58. The Morgan fingerprint density at radius 2 is 2.26 bits per heavy atom. The molecule has 0 unspecified atom stereocenters. The van der Waals surface area contributed by atoms with Crippen molar-refractivity contribution in [3.8, 4) is 0 Å². The van der Waals surface area contributed by atoms with Crippen molar-refractivity contribution in [2.24, 2.45) is 0 Å². The van der Waals surface area contributed by atoms with Gasteiger partial charge in [-0.25, -0.2) is 4.68 Å². The van der Waals surface area contributed by atoms with E-state index in [1.807, 2.05) is 17.5 Å². The molecule has 0 fully saturated rings. The molecule has 0 aliphatic heterocycles. The standard InChI is InChI=1S/C13H15N3O2S/c1-9-5-6-12(17)16(15-9)10(2)13(18)14-8-11-4-3-7-19-11/h3-7,10H,8H2,1-2H3,(H,14,18)/t10-/m0/s1. The van der Waals surface area contributed by atoms with Crippen LogP contribution in [-0.4, -0.2) is 15.7 Å². The Balaban J connectivity index is 2.06. The van der Waals surface area contributed by atoms with Gasteiger partial charge in [-0.2, -0.15) is 5.10 Å². The van der Waals surface area contributed by atoms with E-state index in [9.17, 15) is 9.59 Å². The first-order valence-corrected chi connectivity index (χ1v) is 6.82. The molecule has 1 atom stereocenters. The predicted molar refractivity (Wildman–Crippen MR) is 74.1 cm³/mol. The highest BCUT2D eigenvalue weighted by atomic mass is 32.1. The highest BCUT2D eigenvalue weighted by Crippen LogP contribution is 2.08. The van der Waals surface area contributed by atoms with Crippen LogP contribution in [0.1, 0.15) is 23.5 Å². The number of aromatic nitrogens is 2. The minimum absolute atomic E-state index is 0.214. The van der Waals surface area contributed by atoms with Gasteiger partial charge in [-0.3, -0.25) is 9.59 Å². The summed E-state index contributed by atoms with van der Waals surface area (Å²) in [5, 5.41) is 8.84. The Hall–Kier alpha value is -1.95. The van der Waals surface area contributed by atoms with Gasteiger partial charge >= 0.3 is 0 Å². The zero-order valence-electron chi connectivity index (χ0n) is 10.8. The molecule has 0 spiro atoms. The molecule has 1 N–H and O–H groups in total. The smallest absolute Gasteiger partial charge is 0.267 e. The molecule has 0 saturated carbocycles. The van der Waals surface area contributed by atoms with Crippen LogP contribution in [0.4, 0.5) is 0 Å². The molecular formula is C13H15N3O2S. The van der Waals surface area contributed by atoms with E-state index in [1.54, 1.807) is 31.3 Å². The Bertz CT molecular complexity index is 619. The van der Waals surface area contributed by atoms with Gasteiger partial charge in [0, 0.05) is 10.9 Å². The Labute approximate surface area is 114 Å². The summed E-state index contributed by atoms with van der Waals surface area (Å²) in [6.45, 7) is 3.92. The van der Waals surface area contributed by atoms with Crippen LogP contribution in [0.5, 0.6) is 0 Å². The molecule has 2 rings (SSSR count). The molecule has 6 heteroatoms. The van der Waals surface area contributed by atoms with E-state index in [0.717, 1.165) is 4.88 Å². The van der Waals surface area contributed by atoms with E-state index in [2.05, 4.69) is 10.4 Å². The van der Waals surface area contributed by atoms with Crippen molar-refractivity contribution in [3.63, 3.8) is 0 Å². The van der Waals surface area contributed by atoms with Crippen molar-refractivity contribution in [2.75, 3.05) is 0 Å². The number of hydrogen-bond donors (Lipinski definition) is 1. The second-order valence-electron chi connectivity index (χ2n) is 4.23. The van der Waals surface area contributed by atoms with Gasteiger partial charge in [0.1, 0.15) is 6.04 Å². The summed E-state index contributed by atoms with van der Waals surface area (Å²) in [4.78, 5) is 24.7. The van der Waals surface area contributed by atoms with Crippen LogP contribution in [0.3, 0.4) is 0 Å². The number of rotatable bonds is 4. The van der Waals surface area contributed by atoms with E-state index in [0.29, 0.717) is 12.2 Å². The van der Waals surface area contributed by atoms with Crippen LogP contribution in [0.15, 0.2) is 34.4 Å². The molecule has 0 radical (unpaired) electrons. The normalized spacial score (nSPS) is 12.1. The van der Waals surface area contributed by atoms with E-state index < -0.39 is 6.04 Å². The maximum Gasteiger partial charge on any atom is 0.267 e. The van der Waals surface area contributed by atoms with Crippen molar-refractivity contribution in [3.05, 3.63) is 50.6 Å². The van der Waals surface area contributed by atoms with Crippen molar-refractivity contribution in [1.82, 2.24) is 15.1 Å². The lowest BCUT2D eigenvalue weighted by Gasteiger charge is -2.13. The Kier molecular flexibility index (Phi) is 4.11. The molecule has 2 aromatic rings. The van der Waals surface area contributed by atoms with Gasteiger partial charge in [0.05, 0.1) is 12.2 Å². The van der Waals surface area contributed by atoms with Crippen LogP contribution in [0.2, 0.25) is 0 Å². The SMILES string of the molecule is Cc1ccc(=O)n([C@@H](C)C(=O)NCc2cccs2)n1. The summed E-state index contributed by atoms with van der Waals surface area (Å²) in [7, 11) is 0. The van der Waals surface area contributed by atoms with E-state index in [-0.39, 0.29) is 11.5 Å². The maximum atomic E-state index is 12.0. The molecule has 2 aromatic heterocycles. The van der Waals surface area contributed by atoms with Gasteiger partial charge in [-0.05, 0) is 31.4 Å². The van der Waals surface area contributed by atoms with E-state index in [1.165, 1.54) is 10.7 Å². The molecule has 0 aliphatic rings. The van der Waals surface area contributed by atoms with Crippen molar-refractivity contribution in [2.45, 2.75) is 26.4 Å². The third kappa shape index (κ3) is 3.29. The molecule has 100 valence electrons. The van der Waals surface area contributed by atoms with Crippen LogP contribution in [-0.2, 0) is 11.3 Å². The fourth-order valence-electron chi connectivity index (χ4n) is 1.64. The average Bonchev–Trinajstić information content (AvgIpc) is 2.91. The first-order valence-electron chi connectivity index (χ1n) is 5.94. The lowest BCUT2D eigenvalue weighted by Crippen LogP contribution is -2.36. The highest BCUT2D eigenvalue weighted by molar-refractivity contribution is 7.09. The molecule has 2 heterocycles. The first kappa shape index (κ1) is 13.5. The number of thiophene rings is 1. The van der Waals surface area contributed by atoms with Crippen LogP contribution in [0.25, 0.3) is 0 Å². The molecule has 0 aliphatic carbocycles. The first-order chi connectivity index (χ1) is 9.08. The third-order valence-corrected chi connectivity index (χ3v) is 3.60. The fourth-order valence-corrected chi connectivity index (χ4v) is 2.29. The molecule has 0 bridgehead atoms. The number of hydrogen-bond acceptors (Lipinski definition) is 4. The summed E-state index contributed by atoms with van der Waals surface area (Å²) in [5.74, 6) is -0.214. The number of aryl methyl sites for hydroxylation is 1. The second-order valence-corrected chi connectivity index (χ2v) is 5.26.